The number of carbonyl (C=O) groups is 1. The average molecular weight is 234 g/mol. The van der Waals surface area contributed by atoms with Crippen molar-refractivity contribution < 1.29 is 9.53 Å². The number of hydrogen-bond acceptors (Lipinski definition) is 3. The number of anilines is 1. The van der Waals surface area contributed by atoms with Crippen molar-refractivity contribution >= 4 is 11.6 Å². The van der Waals surface area contributed by atoms with E-state index < -0.39 is 0 Å². The summed E-state index contributed by atoms with van der Waals surface area (Å²) in [6.07, 6.45) is 2.08. The number of rotatable bonds is 7. The lowest BCUT2D eigenvalue weighted by Crippen LogP contribution is -2.25. The predicted octanol–water partition coefficient (Wildman–Crippen LogP) is 1.80. The van der Waals surface area contributed by atoms with Crippen LogP contribution in [0.25, 0.3) is 0 Å². The second kappa shape index (κ2) is 7.33. The minimum absolute atomic E-state index is 0.00676. The lowest BCUT2D eigenvalue weighted by Gasteiger charge is -2.10. The Labute approximate surface area is 102 Å². The van der Waals surface area contributed by atoms with Crippen LogP contribution in [-0.2, 0) is 4.79 Å². The van der Waals surface area contributed by atoms with E-state index in [0.717, 1.165) is 11.4 Å². The number of ether oxygens (including phenoxy) is 1. The largest absolute Gasteiger partial charge is 0.495 e. The summed E-state index contributed by atoms with van der Waals surface area (Å²) in [5.74, 6) is 0.784. The molecular weight excluding hydrogens is 216 g/mol. The van der Waals surface area contributed by atoms with Crippen LogP contribution in [-0.4, -0.2) is 26.1 Å². The first-order valence-corrected chi connectivity index (χ1v) is 5.52. The molecule has 0 unspecified atom stereocenters. The summed E-state index contributed by atoms with van der Waals surface area (Å²) in [6.45, 7) is 4.62. The predicted molar refractivity (Wildman–Crippen MR) is 69.3 cm³/mol. The van der Waals surface area contributed by atoms with Crippen LogP contribution in [0.2, 0.25) is 0 Å². The molecule has 92 valence electrons. The van der Waals surface area contributed by atoms with Gasteiger partial charge < -0.3 is 15.4 Å². The SMILES string of the molecule is C=CCNC(=O)CCNc1ccccc1OC. The molecule has 0 aliphatic rings. The molecule has 0 aliphatic carbocycles. The van der Waals surface area contributed by atoms with Crippen molar-refractivity contribution in [2.75, 3.05) is 25.5 Å². The normalized spacial score (nSPS) is 9.47. The van der Waals surface area contributed by atoms with Crippen LogP contribution < -0.4 is 15.4 Å². The van der Waals surface area contributed by atoms with Gasteiger partial charge >= 0.3 is 0 Å². The first-order valence-electron chi connectivity index (χ1n) is 5.52. The summed E-state index contributed by atoms with van der Waals surface area (Å²) in [6, 6.07) is 7.62. The zero-order chi connectivity index (χ0) is 12.5. The van der Waals surface area contributed by atoms with Gasteiger partial charge in [-0.25, -0.2) is 0 Å². The van der Waals surface area contributed by atoms with E-state index in [1.165, 1.54) is 0 Å². The van der Waals surface area contributed by atoms with Gasteiger partial charge in [-0.2, -0.15) is 0 Å². The quantitative estimate of drug-likeness (QED) is 0.707. The monoisotopic (exact) mass is 234 g/mol. The Morgan fingerprint density at radius 2 is 2.24 bits per heavy atom. The Morgan fingerprint density at radius 3 is 2.94 bits per heavy atom. The molecule has 0 heterocycles. The van der Waals surface area contributed by atoms with Gasteiger partial charge in [0, 0.05) is 19.5 Å². The second-order valence-corrected chi connectivity index (χ2v) is 3.47. The molecule has 0 aromatic heterocycles. The zero-order valence-corrected chi connectivity index (χ0v) is 10.0. The highest BCUT2D eigenvalue weighted by atomic mass is 16.5. The van der Waals surface area contributed by atoms with E-state index >= 15 is 0 Å². The highest BCUT2D eigenvalue weighted by molar-refractivity contribution is 5.76. The van der Waals surface area contributed by atoms with E-state index in [1.54, 1.807) is 13.2 Å². The number of nitrogens with one attached hydrogen (secondary N) is 2. The number of benzene rings is 1. The Bertz CT molecular complexity index is 377. The summed E-state index contributed by atoms with van der Waals surface area (Å²) >= 11 is 0. The third kappa shape index (κ3) is 4.59. The molecule has 0 aliphatic heterocycles. The van der Waals surface area contributed by atoms with Crippen molar-refractivity contribution in [3.63, 3.8) is 0 Å². The van der Waals surface area contributed by atoms with Crippen LogP contribution in [0.1, 0.15) is 6.42 Å². The topological polar surface area (TPSA) is 50.4 Å². The Morgan fingerprint density at radius 1 is 1.47 bits per heavy atom. The number of carbonyl (C=O) groups excluding carboxylic acids is 1. The van der Waals surface area contributed by atoms with E-state index in [1.807, 2.05) is 24.3 Å². The summed E-state index contributed by atoms with van der Waals surface area (Å²) in [7, 11) is 1.62. The maximum atomic E-state index is 11.3. The second-order valence-electron chi connectivity index (χ2n) is 3.47. The van der Waals surface area contributed by atoms with Crippen LogP contribution in [0.4, 0.5) is 5.69 Å². The van der Waals surface area contributed by atoms with Crippen LogP contribution in [0, 0.1) is 0 Å². The van der Waals surface area contributed by atoms with Crippen molar-refractivity contribution in [3.8, 4) is 5.75 Å². The van der Waals surface area contributed by atoms with Gasteiger partial charge in [-0.3, -0.25) is 4.79 Å². The molecular formula is C13H18N2O2. The van der Waals surface area contributed by atoms with Gasteiger partial charge in [-0.1, -0.05) is 18.2 Å². The summed E-state index contributed by atoms with van der Waals surface area (Å²) < 4.78 is 5.19. The molecule has 1 aromatic rings. The molecule has 1 amide bonds. The fourth-order valence-electron chi connectivity index (χ4n) is 1.38. The molecule has 0 bridgehead atoms. The zero-order valence-electron chi connectivity index (χ0n) is 10.0. The van der Waals surface area contributed by atoms with Gasteiger partial charge in [0.25, 0.3) is 0 Å². The van der Waals surface area contributed by atoms with Crippen LogP contribution in [0.3, 0.4) is 0 Å². The Hall–Kier alpha value is -1.97. The maximum absolute atomic E-state index is 11.3. The fourth-order valence-corrected chi connectivity index (χ4v) is 1.38. The van der Waals surface area contributed by atoms with E-state index in [9.17, 15) is 4.79 Å². The van der Waals surface area contributed by atoms with Gasteiger partial charge in [-0.15, -0.1) is 6.58 Å². The molecule has 4 nitrogen and oxygen atoms in total. The average Bonchev–Trinajstić information content (AvgIpc) is 2.37. The van der Waals surface area contributed by atoms with Crippen molar-refractivity contribution in [3.05, 3.63) is 36.9 Å². The number of methoxy groups -OCH3 is 1. The molecule has 1 rings (SSSR count). The Balaban J connectivity index is 2.35. The van der Waals surface area contributed by atoms with Crippen LogP contribution in [0.5, 0.6) is 5.75 Å². The van der Waals surface area contributed by atoms with E-state index in [2.05, 4.69) is 17.2 Å². The van der Waals surface area contributed by atoms with E-state index in [-0.39, 0.29) is 5.91 Å². The van der Waals surface area contributed by atoms with Crippen molar-refractivity contribution in [2.24, 2.45) is 0 Å². The summed E-state index contributed by atoms with van der Waals surface area (Å²) in [5, 5.41) is 5.88. The molecule has 1 aromatic carbocycles. The lowest BCUT2D eigenvalue weighted by atomic mass is 10.3. The fraction of sp³-hybridized carbons (Fsp3) is 0.308. The van der Waals surface area contributed by atoms with Crippen molar-refractivity contribution in [1.29, 1.82) is 0 Å². The lowest BCUT2D eigenvalue weighted by molar-refractivity contribution is -0.120. The molecule has 0 atom stereocenters. The number of amides is 1. The maximum Gasteiger partial charge on any atom is 0.222 e. The first kappa shape index (κ1) is 13.1. The molecule has 0 radical (unpaired) electrons. The molecule has 0 saturated heterocycles. The molecule has 2 N–H and O–H groups in total. The summed E-state index contributed by atoms with van der Waals surface area (Å²) in [4.78, 5) is 11.3. The summed E-state index contributed by atoms with van der Waals surface area (Å²) in [5.41, 5.74) is 0.895. The number of para-hydroxylation sites is 2. The smallest absolute Gasteiger partial charge is 0.222 e. The highest BCUT2D eigenvalue weighted by Gasteiger charge is 2.02. The minimum atomic E-state index is 0.00676. The standard InChI is InChI=1S/C13H18N2O2/c1-3-9-15-13(16)8-10-14-11-6-4-5-7-12(11)17-2/h3-7,14H,1,8-10H2,2H3,(H,15,16). The molecule has 0 saturated carbocycles. The van der Waals surface area contributed by atoms with Gasteiger partial charge in [0.1, 0.15) is 5.75 Å². The third-order valence-electron chi connectivity index (χ3n) is 2.22. The van der Waals surface area contributed by atoms with Gasteiger partial charge in [0.05, 0.1) is 12.8 Å². The minimum Gasteiger partial charge on any atom is -0.495 e. The molecule has 17 heavy (non-hydrogen) atoms. The van der Waals surface area contributed by atoms with Gasteiger partial charge in [0.2, 0.25) is 5.91 Å². The van der Waals surface area contributed by atoms with Crippen LogP contribution >= 0.6 is 0 Å². The van der Waals surface area contributed by atoms with E-state index in [0.29, 0.717) is 19.5 Å². The van der Waals surface area contributed by atoms with Gasteiger partial charge in [0.15, 0.2) is 0 Å². The molecule has 0 spiro atoms. The Kier molecular flexibility index (Phi) is 5.64. The molecule has 0 fully saturated rings. The van der Waals surface area contributed by atoms with Crippen molar-refractivity contribution in [2.45, 2.75) is 6.42 Å². The van der Waals surface area contributed by atoms with Crippen molar-refractivity contribution in [1.82, 2.24) is 5.32 Å². The van der Waals surface area contributed by atoms with Crippen LogP contribution in [0.15, 0.2) is 36.9 Å². The third-order valence-corrected chi connectivity index (χ3v) is 2.22. The van der Waals surface area contributed by atoms with Gasteiger partial charge in [-0.05, 0) is 12.1 Å². The molecule has 4 heteroatoms. The van der Waals surface area contributed by atoms with E-state index in [4.69, 9.17) is 4.74 Å². The number of hydrogen-bond donors (Lipinski definition) is 2. The first-order chi connectivity index (χ1) is 8.27. The highest BCUT2D eigenvalue weighted by Crippen LogP contribution is 2.22.